The molecule has 4 heterocycles. The van der Waals surface area contributed by atoms with E-state index in [9.17, 15) is 5.26 Å². The van der Waals surface area contributed by atoms with Crippen molar-refractivity contribution < 1.29 is 13.9 Å². The van der Waals surface area contributed by atoms with Crippen LogP contribution in [0.2, 0.25) is 0 Å². The summed E-state index contributed by atoms with van der Waals surface area (Å²) in [5.41, 5.74) is 4.88. The molecule has 8 rings (SSSR count). The number of azo groups is 1. The first-order chi connectivity index (χ1) is 27.2. The van der Waals surface area contributed by atoms with Gasteiger partial charge in [-0.1, -0.05) is 80.6 Å². The van der Waals surface area contributed by atoms with Gasteiger partial charge in [0.05, 0.1) is 41.5 Å². The van der Waals surface area contributed by atoms with Crippen LogP contribution in [0, 0.1) is 18.3 Å². The van der Waals surface area contributed by atoms with Crippen molar-refractivity contribution >= 4 is 72.3 Å². The lowest BCUT2D eigenvalue weighted by Gasteiger charge is -2.24. The summed E-state index contributed by atoms with van der Waals surface area (Å²) in [6.07, 6.45) is 0. The number of aryl methyl sites for hydroxylation is 1. The molecule has 0 radical (unpaired) electrons. The number of hydrogen-bond donors (Lipinski definition) is 1. The smallest absolute Gasteiger partial charge is 0.325 e. The lowest BCUT2D eigenvalue weighted by Crippen LogP contribution is -2.14. The number of benzene rings is 4. The minimum Gasteiger partial charge on any atom is -0.495 e. The van der Waals surface area contributed by atoms with Gasteiger partial charge >= 0.3 is 6.01 Å². The molecule has 0 atom stereocenters. The number of fused-ring (bicyclic) bond motifs is 2. The van der Waals surface area contributed by atoms with Crippen molar-refractivity contribution in [1.82, 2.24) is 24.7 Å². The number of rotatable bonds is 10. The van der Waals surface area contributed by atoms with Crippen LogP contribution in [0.3, 0.4) is 0 Å². The zero-order valence-corrected chi connectivity index (χ0v) is 32.3. The normalized spacial score (nSPS) is 11.7. The average Bonchev–Trinajstić information content (AvgIpc) is 3.93. The number of pyridine rings is 1. The van der Waals surface area contributed by atoms with Crippen molar-refractivity contribution in [2.75, 3.05) is 24.4 Å². The Balaban J connectivity index is 1.34. The lowest BCUT2D eigenvalue weighted by atomic mass is 9.90. The summed E-state index contributed by atoms with van der Waals surface area (Å²) in [4.78, 5) is 16.9. The quantitative estimate of drug-likeness (QED) is 0.133. The number of thiazole rings is 1. The van der Waals surface area contributed by atoms with E-state index in [1.165, 1.54) is 16.0 Å². The summed E-state index contributed by atoms with van der Waals surface area (Å²) in [6, 6.07) is 35.1. The topological polar surface area (TPSA) is 152 Å². The Morgan fingerprint density at radius 3 is 2.27 bits per heavy atom. The minimum atomic E-state index is -0.509. The van der Waals surface area contributed by atoms with Gasteiger partial charge in [0.15, 0.2) is 16.5 Å². The van der Waals surface area contributed by atoms with Gasteiger partial charge in [0.1, 0.15) is 40.2 Å². The zero-order valence-electron chi connectivity index (χ0n) is 31.5. The molecule has 13 nitrogen and oxygen atoms in total. The second kappa shape index (κ2) is 14.6. The molecule has 0 aliphatic rings. The molecule has 0 bridgehead atoms. The predicted molar refractivity (Wildman–Crippen MR) is 218 cm³/mol. The van der Waals surface area contributed by atoms with Gasteiger partial charge < -0.3 is 19.2 Å². The second-order valence-corrected chi connectivity index (χ2v) is 14.8. The number of nitrogens with zero attached hydrogens (tertiary/aromatic N) is 9. The molecular weight excluding hydrogens is 725 g/mol. The molecule has 1 N–H and O–H groups in total. The molecule has 0 unspecified atom stereocenters. The largest absolute Gasteiger partial charge is 0.495 e. The van der Waals surface area contributed by atoms with E-state index < -0.39 is 5.41 Å². The predicted octanol–water partition coefficient (Wildman–Crippen LogP) is 11.1. The van der Waals surface area contributed by atoms with Gasteiger partial charge in [-0.15, -0.1) is 10.2 Å². The standard InChI is InChI=1S/C42H36N10O3S/c1-25-23-35(51(30-18-10-13-21-33(30)54-6)41-46-29-17-9-14-22-34(29)56-41)47-38(44-27-15-7-11-19-31(27)53-5)36(25)48-49-39-26(24-43)37(42(2,3)4)50-52(39)40-45-28-16-8-12-20-32(28)55-40/h7-23H,1-6H3,(H,44,47)/b49-48+. The van der Waals surface area contributed by atoms with Crippen molar-refractivity contribution in [1.29, 1.82) is 5.26 Å². The highest BCUT2D eigenvalue weighted by Crippen LogP contribution is 2.45. The van der Waals surface area contributed by atoms with Gasteiger partial charge in [-0.2, -0.15) is 20.0 Å². The number of oxazole rings is 1. The van der Waals surface area contributed by atoms with Crippen LogP contribution >= 0.6 is 11.3 Å². The van der Waals surface area contributed by atoms with Crippen molar-refractivity contribution in [3.63, 3.8) is 0 Å². The molecule has 0 aliphatic carbocycles. The Morgan fingerprint density at radius 1 is 0.839 bits per heavy atom. The fourth-order valence-electron chi connectivity index (χ4n) is 6.26. The minimum absolute atomic E-state index is 0.160. The number of para-hydroxylation sites is 7. The molecule has 0 saturated carbocycles. The second-order valence-electron chi connectivity index (χ2n) is 13.8. The summed E-state index contributed by atoms with van der Waals surface area (Å²) in [5.74, 6) is 2.33. The van der Waals surface area contributed by atoms with Crippen molar-refractivity contribution in [3.8, 4) is 23.6 Å². The summed E-state index contributed by atoms with van der Waals surface area (Å²) >= 11 is 1.54. The highest BCUT2D eigenvalue weighted by Gasteiger charge is 2.30. The summed E-state index contributed by atoms with van der Waals surface area (Å²) in [5, 5.41) is 29.0. The summed E-state index contributed by atoms with van der Waals surface area (Å²) in [7, 11) is 3.24. The highest BCUT2D eigenvalue weighted by molar-refractivity contribution is 7.22. The van der Waals surface area contributed by atoms with Crippen LogP contribution < -0.4 is 19.7 Å². The Kier molecular flexibility index (Phi) is 9.37. The highest BCUT2D eigenvalue weighted by atomic mass is 32.1. The first-order valence-electron chi connectivity index (χ1n) is 17.7. The van der Waals surface area contributed by atoms with Crippen LogP contribution in [0.4, 0.5) is 39.6 Å². The molecule has 0 amide bonds. The van der Waals surface area contributed by atoms with E-state index in [1.54, 1.807) is 14.2 Å². The molecule has 14 heteroatoms. The van der Waals surface area contributed by atoms with Crippen LogP contribution in [0.25, 0.3) is 27.3 Å². The number of methoxy groups -OCH3 is 2. The number of nitriles is 1. The summed E-state index contributed by atoms with van der Waals surface area (Å²) in [6.45, 7) is 7.87. The van der Waals surface area contributed by atoms with Gasteiger partial charge in [0.2, 0.25) is 5.82 Å². The molecule has 56 heavy (non-hydrogen) atoms. The third kappa shape index (κ3) is 6.65. The molecule has 0 spiro atoms. The van der Waals surface area contributed by atoms with E-state index in [-0.39, 0.29) is 17.4 Å². The van der Waals surface area contributed by atoms with Gasteiger partial charge in [-0.05, 0) is 67.1 Å². The molecule has 8 aromatic rings. The molecular formula is C42H36N10O3S. The van der Waals surface area contributed by atoms with E-state index in [2.05, 4.69) is 16.4 Å². The monoisotopic (exact) mass is 760 g/mol. The van der Waals surface area contributed by atoms with Gasteiger partial charge in [0, 0.05) is 5.41 Å². The van der Waals surface area contributed by atoms with E-state index in [0.717, 1.165) is 21.5 Å². The van der Waals surface area contributed by atoms with Crippen LogP contribution in [-0.4, -0.2) is 39.0 Å². The van der Waals surface area contributed by atoms with Crippen LogP contribution in [0.15, 0.2) is 118 Å². The van der Waals surface area contributed by atoms with Gasteiger partial charge in [-0.3, -0.25) is 4.90 Å². The third-order valence-electron chi connectivity index (χ3n) is 8.95. The van der Waals surface area contributed by atoms with E-state index in [0.29, 0.717) is 56.4 Å². The van der Waals surface area contributed by atoms with Crippen molar-refractivity contribution in [3.05, 3.63) is 120 Å². The average molecular weight is 761 g/mol. The Labute approximate surface area is 326 Å². The molecule has 278 valence electrons. The number of aromatic nitrogens is 5. The van der Waals surface area contributed by atoms with Crippen LogP contribution in [0.1, 0.15) is 37.6 Å². The maximum atomic E-state index is 10.5. The Bertz CT molecular complexity index is 2740. The molecule has 0 fully saturated rings. The SMILES string of the molecule is COc1ccccc1Nc1nc(N(c2nc3ccccc3s2)c2ccccc2OC)cc(C)c1/N=N/c1c(C#N)c(C(C)(C)C)nn1-c1nc2ccccc2o1. The van der Waals surface area contributed by atoms with Crippen molar-refractivity contribution in [2.24, 2.45) is 10.2 Å². The van der Waals surface area contributed by atoms with Gasteiger partial charge in [0.25, 0.3) is 0 Å². The zero-order chi connectivity index (χ0) is 39.0. The first kappa shape index (κ1) is 35.9. The third-order valence-corrected chi connectivity index (χ3v) is 9.97. The summed E-state index contributed by atoms with van der Waals surface area (Å²) < 4.78 is 20.1. The number of hydrogen-bond acceptors (Lipinski definition) is 13. The van der Waals surface area contributed by atoms with E-state index in [1.807, 2.05) is 136 Å². The Morgan fingerprint density at radius 2 is 1.54 bits per heavy atom. The fourth-order valence-corrected chi connectivity index (χ4v) is 7.25. The lowest BCUT2D eigenvalue weighted by molar-refractivity contribution is 0.416. The molecule has 4 aromatic heterocycles. The van der Waals surface area contributed by atoms with Crippen LogP contribution in [-0.2, 0) is 5.41 Å². The number of nitrogens with one attached hydrogen (secondary N) is 1. The first-order valence-corrected chi connectivity index (χ1v) is 18.5. The van der Waals surface area contributed by atoms with Crippen molar-refractivity contribution in [2.45, 2.75) is 33.1 Å². The fraction of sp³-hybridized carbons (Fsp3) is 0.167. The van der Waals surface area contributed by atoms with E-state index in [4.69, 9.17) is 39.2 Å². The van der Waals surface area contributed by atoms with E-state index >= 15 is 0 Å². The van der Waals surface area contributed by atoms with Gasteiger partial charge in [-0.25, -0.2) is 9.97 Å². The molecule has 0 saturated heterocycles. The maximum Gasteiger partial charge on any atom is 0.325 e. The number of anilines is 5. The number of ether oxygens (including phenoxy) is 2. The molecule has 4 aromatic carbocycles. The van der Waals surface area contributed by atoms with Crippen LogP contribution in [0.5, 0.6) is 11.5 Å². The Hall–Kier alpha value is -7.11. The maximum absolute atomic E-state index is 10.5. The molecule has 0 aliphatic heterocycles.